The average Bonchev–Trinajstić information content (AvgIpc) is 2.53. The quantitative estimate of drug-likeness (QED) is 0.862. The van der Waals surface area contributed by atoms with E-state index < -0.39 is 0 Å². The molecule has 0 saturated carbocycles. The predicted molar refractivity (Wildman–Crippen MR) is 74.3 cm³/mol. The lowest BCUT2D eigenvalue weighted by Crippen LogP contribution is -2.52. The molecule has 0 amide bonds. The highest BCUT2D eigenvalue weighted by atomic mass is 16.5. The molecule has 3 heterocycles. The molecule has 0 radical (unpaired) electrons. The summed E-state index contributed by atoms with van der Waals surface area (Å²) in [6.07, 6.45) is 3.65. The Balaban J connectivity index is 1.78. The lowest BCUT2D eigenvalue weighted by Gasteiger charge is -2.41. The van der Waals surface area contributed by atoms with E-state index in [0.717, 1.165) is 26.1 Å². The zero-order valence-corrected chi connectivity index (χ0v) is 12.0. The largest absolute Gasteiger partial charge is 0.467 e. The molecule has 20 heavy (non-hydrogen) atoms. The third-order valence-electron chi connectivity index (χ3n) is 4.12. The van der Waals surface area contributed by atoms with Crippen LogP contribution in [-0.4, -0.2) is 54.8 Å². The number of aromatic nitrogens is 3. The SMILES string of the molecule is COc1nc(OC)nc(N2CCC3NCCCC3C2)n1. The molecular weight excluding hydrogens is 258 g/mol. The maximum atomic E-state index is 5.11. The molecule has 2 atom stereocenters. The van der Waals surface area contributed by atoms with Gasteiger partial charge < -0.3 is 19.7 Å². The Hall–Kier alpha value is -1.63. The van der Waals surface area contributed by atoms with E-state index in [1.54, 1.807) is 14.2 Å². The number of anilines is 1. The molecule has 7 heteroatoms. The summed E-state index contributed by atoms with van der Waals surface area (Å²) < 4.78 is 10.2. The fraction of sp³-hybridized carbons (Fsp3) is 0.769. The maximum Gasteiger partial charge on any atom is 0.324 e. The van der Waals surface area contributed by atoms with Crippen molar-refractivity contribution in [2.24, 2.45) is 5.92 Å². The van der Waals surface area contributed by atoms with Crippen molar-refractivity contribution in [2.45, 2.75) is 25.3 Å². The van der Waals surface area contributed by atoms with Gasteiger partial charge in [0.2, 0.25) is 5.95 Å². The van der Waals surface area contributed by atoms with Gasteiger partial charge >= 0.3 is 12.0 Å². The van der Waals surface area contributed by atoms with Gasteiger partial charge in [-0.05, 0) is 31.7 Å². The summed E-state index contributed by atoms with van der Waals surface area (Å²) in [7, 11) is 3.10. The van der Waals surface area contributed by atoms with E-state index in [4.69, 9.17) is 9.47 Å². The molecule has 2 saturated heterocycles. The highest BCUT2D eigenvalue weighted by molar-refractivity contribution is 5.33. The number of nitrogens with one attached hydrogen (secondary N) is 1. The van der Waals surface area contributed by atoms with Gasteiger partial charge in [0.15, 0.2) is 0 Å². The summed E-state index contributed by atoms with van der Waals surface area (Å²) in [5, 5.41) is 3.61. The lowest BCUT2D eigenvalue weighted by molar-refractivity contribution is 0.242. The average molecular weight is 279 g/mol. The molecule has 0 spiro atoms. The topological polar surface area (TPSA) is 72.4 Å². The number of piperidine rings is 2. The Morgan fingerprint density at radius 1 is 1.10 bits per heavy atom. The normalized spacial score (nSPS) is 26.0. The van der Waals surface area contributed by atoms with Crippen molar-refractivity contribution < 1.29 is 9.47 Å². The Morgan fingerprint density at radius 3 is 2.55 bits per heavy atom. The van der Waals surface area contributed by atoms with Gasteiger partial charge in [-0.1, -0.05) is 0 Å². The fourth-order valence-electron chi connectivity index (χ4n) is 3.08. The summed E-state index contributed by atoms with van der Waals surface area (Å²) in [6.45, 7) is 3.08. The molecule has 1 N–H and O–H groups in total. The summed E-state index contributed by atoms with van der Waals surface area (Å²) >= 11 is 0. The first-order valence-electron chi connectivity index (χ1n) is 7.12. The molecule has 2 unspecified atom stereocenters. The van der Waals surface area contributed by atoms with Crippen molar-refractivity contribution >= 4 is 5.95 Å². The van der Waals surface area contributed by atoms with Gasteiger partial charge in [0, 0.05) is 19.1 Å². The van der Waals surface area contributed by atoms with Crippen molar-refractivity contribution in [1.82, 2.24) is 20.3 Å². The van der Waals surface area contributed by atoms with Crippen LogP contribution in [0, 0.1) is 5.92 Å². The van der Waals surface area contributed by atoms with Gasteiger partial charge in [-0.2, -0.15) is 9.97 Å². The van der Waals surface area contributed by atoms with E-state index in [1.807, 2.05) is 0 Å². The van der Waals surface area contributed by atoms with Gasteiger partial charge in [-0.25, -0.2) is 0 Å². The summed E-state index contributed by atoms with van der Waals surface area (Å²) in [5.74, 6) is 1.32. The number of hydrogen-bond donors (Lipinski definition) is 1. The zero-order valence-electron chi connectivity index (χ0n) is 12.0. The van der Waals surface area contributed by atoms with E-state index in [2.05, 4.69) is 25.2 Å². The number of fused-ring (bicyclic) bond motifs is 1. The highest BCUT2D eigenvalue weighted by Gasteiger charge is 2.32. The molecule has 2 aliphatic heterocycles. The standard InChI is InChI=1S/C13H21N5O2/c1-19-12-15-11(16-13(17-12)20-2)18-7-5-10-9(8-18)4-3-6-14-10/h9-10,14H,3-8H2,1-2H3. The number of nitrogens with zero attached hydrogens (tertiary/aromatic N) is 4. The minimum atomic E-state index is 0.302. The van der Waals surface area contributed by atoms with Crippen molar-refractivity contribution in [2.75, 3.05) is 38.8 Å². The third kappa shape index (κ3) is 2.63. The van der Waals surface area contributed by atoms with Crippen LogP contribution >= 0.6 is 0 Å². The molecule has 0 aliphatic carbocycles. The Labute approximate surface area is 118 Å². The third-order valence-corrected chi connectivity index (χ3v) is 4.12. The number of hydrogen-bond acceptors (Lipinski definition) is 7. The molecule has 0 aromatic carbocycles. The van der Waals surface area contributed by atoms with Crippen LogP contribution in [0.2, 0.25) is 0 Å². The summed E-state index contributed by atoms with van der Waals surface area (Å²) in [5.41, 5.74) is 0. The minimum Gasteiger partial charge on any atom is -0.467 e. The van der Waals surface area contributed by atoms with Gasteiger partial charge in [0.25, 0.3) is 0 Å². The summed E-state index contributed by atoms with van der Waals surface area (Å²) in [6, 6.07) is 1.25. The van der Waals surface area contributed by atoms with E-state index in [0.29, 0.717) is 29.9 Å². The molecule has 7 nitrogen and oxygen atoms in total. The smallest absolute Gasteiger partial charge is 0.324 e. The Morgan fingerprint density at radius 2 is 1.85 bits per heavy atom. The van der Waals surface area contributed by atoms with Crippen molar-refractivity contribution in [3.8, 4) is 12.0 Å². The second-order valence-electron chi connectivity index (χ2n) is 5.31. The van der Waals surface area contributed by atoms with E-state index in [1.165, 1.54) is 12.8 Å². The molecule has 3 rings (SSSR count). The van der Waals surface area contributed by atoms with Gasteiger partial charge in [0.05, 0.1) is 14.2 Å². The van der Waals surface area contributed by atoms with Gasteiger partial charge in [-0.3, -0.25) is 0 Å². The second kappa shape index (κ2) is 5.78. The van der Waals surface area contributed by atoms with Crippen LogP contribution in [0.1, 0.15) is 19.3 Å². The fourth-order valence-corrected chi connectivity index (χ4v) is 3.08. The van der Waals surface area contributed by atoms with Gasteiger partial charge in [0.1, 0.15) is 0 Å². The van der Waals surface area contributed by atoms with Gasteiger partial charge in [-0.15, -0.1) is 4.98 Å². The van der Waals surface area contributed by atoms with Crippen LogP contribution in [-0.2, 0) is 0 Å². The van der Waals surface area contributed by atoms with Crippen LogP contribution < -0.4 is 19.7 Å². The van der Waals surface area contributed by atoms with E-state index in [-0.39, 0.29) is 0 Å². The van der Waals surface area contributed by atoms with Crippen molar-refractivity contribution in [3.63, 3.8) is 0 Å². The van der Waals surface area contributed by atoms with Crippen LogP contribution in [0.25, 0.3) is 0 Å². The molecule has 2 aliphatic rings. The Bertz CT molecular complexity index is 448. The number of ether oxygens (including phenoxy) is 2. The first-order valence-corrected chi connectivity index (χ1v) is 7.12. The molecular formula is C13H21N5O2. The zero-order chi connectivity index (χ0) is 13.9. The second-order valence-corrected chi connectivity index (χ2v) is 5.31. The first kappa shape index (κ1) is 13.4. The number of methoxy groups -OCH3 is 2. The lowest BCUT2D eigenvalue weighted by atomic mass is 9.85. The van der Waals surface area contributed by atoms with E-state index in [9.17, 15) is 0 Å². The van der Waals surface area contributed by atoms with Crippen LogP contribution in [0.4, 0.5) is 5.95 Å². The molecule has 1 aromatic rings. The minimum absolute atomic E-state index is 0.302. The van der Waals surface area contributed by atoms with Crippen molar-refractivity contribution in [3.05, 3.63) is 0 Å². The van der Waals surface area contributed by atoms with Crippen LogP contribution in [0.3, 0.4) is 0 Å². The molecule has 0 bridgehead atoms. The molecule has 2 fully saturated rings. The predicted octanol–water partition coefficient (Wildman–Crippen LogP) is 0.467. The Kier molecular flexibility index (Phi) is 3.86. The number of rotatable bonds is 3. The molecule has 1 aromatic heterocycles. The van der Waals surface area contributed by atoms with Crippen LogP contribution in [0.15, 0.2) is 0 Å². The monoisotopic (exact) mass is 279 g/mol. The maximum absolute atomic E-state index is 5.11. The first-order chi connectivity index (χ1) is 9.80. The van der Waals surface area contributed by atoms with Crippen molar-refractivity contribution in [1.29, 1.82) is 0 Å². The van der Waals surface area contributed by atoms with E-state index >= 15 is 0 Å². The highest BCUT2D eigenvalue weighted by Crippen LogP contribution is 2.27. The summed E-state index contributed by atoms with van der Waals surface area (Å²) in [4.78, 5) is 14.9. The van der Waals surface area contributed by atoms with Crippen LogP contribution in [0.5, 0.6) is 12.0 Å². The molecule has 110 valence electrons.